The molecule has 3 nitrogen and oxygen atoms in total. The summed E-state index contributed by atoms with van der Waals surface area (Å²) < 4.78 is 5.49. The van der Waals surface area contributed by atoms with Gasteiger partial charge in [0.1, 0.15) is 5.76 Å². The van der Waals surface area contributed by atoms with Gasteiger partial charge in [-0.25, -0.2) is 0 Å². The SMILES string of the molecule is C[C@H](NC1CCCC1C1CCCN1)c1ccco1. The van der Waals surface area contributed by atoms with E-state index in [1.54, 1.807) is 6.26 Å². The molecule has 1 aliphatic heterocycles. The molecule has 100 valence electrons. The normalized spacial score (nSPS) is 33.9. The number of rotatable bonds is 4. The average Bonchev–Trinajstić information content (AvgIpc) is 3.11. The summed E-state index contributed by atoms with van der Waals surface area (Å²) in [5.41, 5.74) is 0. The minimum absolute atomic E-state index is 0.326. The van der Waals surface area contributed by atoms with Gasteiger partial charge in [0.2, 0.25) is 0 Å². The van der Waals surface area contributed by atoms with Crippen LogP contribution in [-0.4, -0.2) is 18.6 Å². The minimum atomic E-state index is 0.326. The predicted octanol–water partition coefficient (Wildman–Crippen LogP) is 2.85. The Labute approximate surface area is 109 Å². The first-order valence-corrected chi connectivity index (χ1v) is 7.37. The fourth-order valence-electron chi connectivity index (χ4n) is 3.70. The van der Waals surface area contributed by atoms with Crippen LogP contribution in [0.15, 0.2) is 22.8 Å². The van der Waals surface area contributed by atoms with Crippen LogP contribution in [-0.2, 0) is 0 Å². The third-order valence-electron chi connectivity index (χ3n) is 4.62. The second-order valence-electron chi connectivity index (χ2n) is 5.81. The van der Waals surface area contributed by atoms with Gasteiger partial charge >= 0.3 is 0 Å². The van der Waals surface area contributed by atoms with Gasteiger partial charge in [0.25, 0.3) is 0 Å². The third kappa shape index (κ3) is 2.47. The predicted molar refractivity (Wildman–Crippen MR) is 72.4 cm³/mol. The van der Waals surface area contributed by atoms with Crippen LogP contribution in [0, 0.1) is 5.92 Å². The van der Waals surface area contributed by atoms with E-state index in [4.69, 9.17) is 4.42 Å². The first kappa shape index (κ1) is 12.2. The summed E-state index contributed by atoms with van der Waals surface area (Å²) >= 11 is 0. The molecule has 2 heterocycles. The summed E-state index contributed by atoms with van der Waals surface area (Å²) in [7, 11) is 0. The summed E-state index contributed by atoms with van der Waals surface area (Å²) in [4.78, 5) is 0. The van der Waals surface area contributed by atoms with E-state index in [2.05, 4.69) is 23.6 Å². The van der Waals surface area contributed by atoms with Crippen molar-refractivity contribution in [3.8, 4) is 0 Å². The molecule has 3 heteroatoms. The van der Waals surface area contributed by atoms with Gasteiger partial charge in [-0.2, -0.15) is 0 Å². The Hall–Kier alpha value is -0.800. The minimum Gasteiger partial charge on any atom is -0.468 e. The molecule has 0 amide bonds. The molecular formula is C15H24N2O. The zero-order valence-corrected chi connectivity index (χ0v) is 11.2. The number of hydrogen-bond acceptors (Lipinski definition) is 3. The van der Waals surface area contributed by atoms with Crippen molar-refractivity contribution in [1.82, 2.24) is 10.6 Å². The smallest absolute Gasteiger partial charge is 0.120 e. The Morgan fingerprint density at radius 1 is 1.33 bits per heavy atom. The van der Waals surface area contributed by atoms with E-state index in [1.165, 1.54) is 38.6 Å². The van der Waals surface area contributed by atoms with Gasteiger partial charge in [-0.1, -0.05) is 6.42 Å². The first-order chi connectivity index (χ1) is 8.84. The van der Waals surface area contributed by atoms with E-state index in [0.717, 1.165) is 17.7 Å². The van der Waals surface area contributed by atoms with Crippen molar-refractivity contribution in [2.75, 3.05) is 6.54 Å². The van der Waals surface area contributed by atoms with Crippen LogP contribution in [0.1, 0.15) is 50.8 Å². The summed E-state index contributed by atoms with van der Waals surface area (Å²) in [6.07, 6.45) is 8.53. The summed E-state index contributed by atoms with van der Waals surface area (Å²) in [5, 5.41) is 7.45. The van der Waals surface area contributed by atoms with Crippen LogP contribution >= 0.6 is 0 Å². The van der Waals surface area contributed by atoms with Gasteiger partial charge < -0.3 is 15.1 Å². The molecule has 1 saturated carbocycles. The van der Waals surface area contributed by atoms with E-state index >= 15 is 0 Å². The maximum atomic E-state index is 5.49. The Morgan fingerprint density at radius 3 is 3.00 bits per heavy atom. The Bertz CT molecular complexity index is 357. The van der Waals surface area contributed by atoms with Gasteiger partial charge in [-0.15, -0.1) is 0 Å². The maximum absolute atomic E-state index is 5.49. The standard InChI is InChI=1S/C15H24N2O/c1-11(15-8-4-10-18-15)17-14-6-2-5-12(14)13-7-3-9-16-13/h4,8,10-14,16-17H,2-3,5-7,9H2,1H3/t11-,12?,13?,14?/m0/s1. The van der Waals surface area contributed by atoms with Crippen molar-refractivity contribution in [2.45, 2.75) is 57.2 Å². The number of furan rings is 1. The van der Waals surface area contributed by atoms with Crippen LogP contribution in [0.5, 0.6) is 0 Å². The van der Waals surface area contributed by atoms with Gasteiger partial charge in [-0.05, 0) is 57.2 Å². The van der Waals surface area contributed by atoms with Crippen LogP contribution in [0.25, 0.3) is 0 Å². The number of nitrogens with one attached hydrogen (secondary N) is 2. The largest absolute Gasteiger partial charge is 0.468 e. The molecule has 3 unspecified atom stereocenters. The lowest BCUT2D eigenvalue weighted by atomic mass is 9.92. The highest BCUT2D eigenvalue weighted by atomic mass is 16.3. The van der Waals surface area contributed by atoms with Crippen LogP contribution in [0.2, 0.25) is 0 Å². The molecule has 0 aromatic carbocycles. The third-order valence-corrected chi connectivity index (χ3v) is 4.62. The molecule has 2 fully saturated rings. The quantitative estimate of drug-likeness (QED) is 0.860. The van der Waals surface area contributed by atoms with E-state index in [9.17, 15) is 0 Å². The topological polar surface area (TPSA) is 37.2 Å². The highest BCUT2D eigenvalue weighted by Crippen LogP contribution is 2.33. The zero-order chi connectivity index (χ0) is 12.4. The lowest BCUT2D eigenvalue weighted by molar-refractivity contribution is 0.290. The van der Waals surface area contributed by atoms with E-state index < -0.39 is 0 Å². The lowest BCUT2D eigenvalue weighted by Crippen LogP contribution is -2.42. The second kappa shape index (κ2) is 5.45. The zero-order valence-electron chi connectivity index (χ0n) is 11.2. The summed E-state index contributed by atoms with van der Waals surface area (Å²) in [5.74, 6) is 1.87. The fraction of sp³-hybridized carbons (Fsp3) is 0.733. The molecule has 2 N–H and O–H groups in total. The molecular weight excluding hydrogens is 224 g/mol. The monoisotopic (exact) mass is 248 g/mol. The van der Waals surface area contributed by atoms with E-state index in [1.807, 2.05) is 6.07 Å². The molecule has 1 saturated heterocycles. The summed E-state index contributed by atoms with van der Waals surface area (Å²) in [6.45, 7) is 3.41. The highest BCUT2D eigenvalue weighted by Gasteiger charge is 2.35. The Kier molecular flexibility index (Phi) is 3.71. The first-order valence-electron chi connectivity index (χ1n) is 7.37. The molecule has 1 aromatic heterocycles. The molecule has 1 aromatic rings. The van der Waals surface area contributed by atoms with Crippen LogP contribution in [0.4, 0.5) is 0 Å². The molecule has 0 bridgehead atoms. The van der Waals surface area contributed by atoms with Gasteiger partial charge in [0.05, 0.1) is 12.3 Å². The number of hydrogen-bond donors (Lipinski definition) is 2. The molecule has 4 atom stereocenters. The molecule has 3 rings (SSSR count). The van der Waals surface area contributed by atoms with E-state index in [0.29, 0.717) is 12.1 Å². The van der Waals surface area contributed by atoms with Crippen molar-refractivity contribution in [3.05, 3.63) is 24.2 Å². The fourth-order valence-corrected chi connectivity index (χ4v) is 3.70. The van der Waals surface area contributed by atoms with Crippen LogP contribution in [0.3, 0.4) is 0 Å². The average molecular weight is 248 g/mol. The Morgan fingerprint density at radius 2 is 2.28 bits per heavy atom. The maximum Gasteiger partial charge on any atom is 0.120 e. The van der Waals surface area contributed by atoms with Gasteiger partial charge in [0.15, 0.2) is 0 Å². The van der Waals surface area contributed by atoms with Crippen molar-refractivity contribution >= 4 is 0 Å². The lowest BCUT2D eigenvalue weighted by Gasteiger charge is -2.28. The molecule has 18 heavy (non-hydrogen) atoms. The van der Waals surface area contributed by atoms with Crippen molar-refractivity contribution < 1.29 is 4.42 Å². The second-order valence-corrected chi connectivity index (χ2v) is 5.81. The van der Waals surface area contributed by atoms with E-state index in [-0.39, 0.29) is 0 Å². The molecule has 0 radical (unpaired) electrons. The molecule has 0 spiro atoms. The van der Waals surface area contributed by atoms with Crippen molar-refractivity contribution in [3.63, 3.8) is 0 Å². The van der Waals surface area contributed by atoms with Gasteiger partial charge in [-0.3, -0.25) is 0 Å². The molecule has 1 aliphatic carbocycles. The summed E-state index contributed by atoms with van der Waals surface area (Å²) in [6, 6.07) is 5.76. The van der Waals surface area contributed by atoms with Crippen molar-refractivity contribution in [1.29, 1.82) is 0 Å². The Balaban J connectivity index is 1.60. The van der Waals surface area contributed by atoms with Crippen molar-refractivity contribution in [2.24, 2.45) is 5.92 Å². The van der Waals surface area contributed by atoms with Gasteiger partial charge in [0, 0.05) is 12.1 Å². The molecule has 2 aliphatic rings. The van der Waals surface area contributed by atoms with Crippen LogP contribution < -0.4 is 10.6 Å². The highest BCUT2D eigenvalue weighted by molar-refractivity contribution is 5.04.